The summed E-state index contributed by atoms with van der Waals surface area (Å²) in [5, 5.41) is 0.216. The van der Waals surface area contributed by atoms with Crippen LogP contribution in [0.25, 0.3) is 0 Å². The van der Waals surface area contributed by atoms with Gasteiger partial charge in [0.25, 0.3) is 0 Å². The Hall–Kier alpha value is -0.820. The van der Waals surface area contributed by atoms with Gasteiger partial charge in [-0.2, -0.15) is 4.31 Å². The minimum atomic E-state index is -3.78. The first kappa shape index (κ1) is 18.5. The highest BCUT2D eigenvalue weighted by atomic mass is 35.5. The molecule has 1 heterocycles. The molecule has 0 atom stereocenters. The zero-order valence-electron chi connectivity index (χ0n) is 13.1. The Balaban J connectivity index is 2.24. The molecule has 0 unspecified atom stereocenters. The summed E-state index contributed by atoms with van der Waals surface area (Å²) in [5.74, 6) is -0.0591. The van der Waals surface area contributed by atoms with Crippen LogP contribution < -0.4 is 0 Å². The summed E-state index contributed by atoms with van der Waals surface area (Å²) < 4.78 is 27.0. The minimum Gasteiger partial charge on any atom is -0.341 e. The Morgan fingerprint density at radius 2 is 1.70 bits per heavy atom. The molecule has 128 valence electrons. The molecule has 23 heavy (non-hydrogen) atoms. The van der Waals surface area contributed by atoms with Crippen molar-refractivity contribution in [3.8, 4) is 0 Å². The van der Waals surface area contributed by atoms with E-state index >= 15 is 0 Å². The smallest absolute Gasteiger partial charge is 0.246 e. The lowest BCUT2D eigenvalue weighted by Crippen LogP contribution is -2.39. The van der Waals surface area contributed by atoms with Crippen LogP contribution in [0.15, 0.2) is 23.1 Å². The van der Waals surface area contributed by atoms with Gasteiger partial charge in [0, 0.05) is 32.1 Å². The Bertz CT molecular complexity index is 672. The van der Waals surface area contributed by atoms with Crippen molar-refractivity contribution in [1.82, 2.24) is 9.21 Å². The number of rotatable bonds is 3. The van der Waals surface area contributed by atoms with Gasteiger partial charge in [-0.1, -0.05) is 43.1 Å². The first-order valence-corrected chi connectivity index (χ1v) is 9.67. The van der Waals surface area contributed by atoms with Crippen LogP contribution in [0.4, 0.5) is 0 Å². The van der Waals surface area contributed by atoms with Crippen molar-refractivity contribution < 1.29 is 13.2 Å². The molecule has 1 amide bonds. The third-order valence-corrected chi connectivity index (χ3v) is 6.63. The normalized spacial score (nSPS) is 17.3. The summed E-state index contributed by atoms with van der Waals surface area (Å²) in [6.45, 7) is 5.18. The summed E-state index contributed by atoms with van der Waals surface area (Å²) >= 11 is 12.1. The van der Waals surface area contributed by atoms with Crippen LogP contribution in [0.2, 0.25) is 10.0 Å². The zero-order chi connectivity index (χ0) is 17.2. The standard InChI is InChI=1S/C15H20Cl2N2O3S/c1-11(2)15(20)18-7-4-8-19(10-9-18)23(21,22)14-12(16)5-3-6-13(14)17/h3,5-6,11H,4,7-10H2,1-2H3. The molecule has 8 heteroatoms. The molecule has 2 rings (SSSR count). The highest BCUT2D eigenvalue weighted by molar-refractivity contribution is 7.89. The number of nitrogens with zero attached hydrogens (tertiary/aromatic N) is 2. The lowest BCUT2D eigenvalue weighted by molar-refractivity contribution is -0.134. The number of hydrogen-bond donors (Lipinski definition) is 0. The number of amides is 1. The summed E-state index contributed by atoms with van der Waals surface area (Å²) in [5.41, 5.74) is 0. The van der Waals surface area contributed by atoms with Crippen molar-refractivity contribution in [2.45, 2.75) is 25.2 Å². The van der Waals surface area contributed by atoms with Gasteiger partial charge in [-0.3, -0.25) is 4.79 Å². The second kappa shape index (κ2) is 7.38. The van der Waals surface area contributed by atoms with Crippen molar-refractivity contribution in [1.29, 1.82) is 0 Å². The average Bonchev–Trinajstić information content (AvgIpc) is 2.72. The number of hydrogen-bond acceptors (Lipinski definition) is 3. The Kier molecular flexibility index (Phi) is 5.94. The number of halogens is 2. The molecule has 0 N–H and O–H groups in total. The van der Waals surface area contributed by atoms with Crippen molar-refractivity contribution in [2.75, 3.05) is 26.2 Å². The monoisotopic (exact) mass is 378 g/mol. The maximum atomic E-state index is 12.8. The van der Waals surface area contributed by atoms with Gasteiger partial charge in [-0.15, -0.1) is 0 Å². The van der Waals surface area contributed by atoms with Crippen LogP contribution in [0, 0.1) is 5.92 Å². The number of sulfonamides is 1. The molecular formula is C15H20Cl2N2O3S. The zero-order valence-corrected chi connectivity index (χ0v) is 15.5. The van der Waals surface area contributed by atoms with E-state index < -0.39 is 10.0 Å². The van der Waals surface area contributed by atoms with E-state index in [0.717, 1.165) is 0 Å². The predicted molar refractivity (Wildman–Crippen MR) is 91.3 cm³/mol. The van der Waals surface area contributed by atoms with E-state index in [1.165, 1.54) is 16.4 Å². The van der Waals surface area contributed by atoms with Gasteiger partial charge in [0.15, 0.2) is 0 Å². The minimum absolute atomic E-state index is 0.0417. The first-order valence-electron chi connectivity index (χ1n) is 7.48. The molecule has 1 fully saturated rings. The molecule has 0 aromatic heterocycles. The van der Waals surface area contributed by atoms with Gasteiger partial charge >= 0.3 is 0 Å². The SMILES string of the molecule is CC(C)C(=O)N1CCCN(S(=O)(=O)c2c(Cl)cccc2Cl)CC1. The molecule has 1 aliphatic heterocycles. The summed E-state index contributed by atoms with van der Waals surface area (Å²) in [6, 6.07) is 4.62. The van der Waals surface area contributed by atoms with E-state index in [1.54, 1.807) is 11.0 Å². The van der Waals surface area contributed by atoms with E-state index in [9.17, 15) is 13.2 Å². The lowest BCUT2D eigenvalue weighted by atomic mass is 10.2. The van der Waals surface area contributed by atoms with Gasteiger partial charge in [0.2, 0.25) is 15.9 Å². The Morgan fingerprint density at radius 1 is 1.09 bits per heavy atom. The fraction of sp³-hybridized carbons (Fsp3) is 0.533. The fourth-order valence-electron chi connectivity index (χ4n) is 2.58. The molecule has 0 radical (unpaired) electrons. The van der Waals surface area contributed by atoms with E-state index in [1.807, 2.05) is 13.8 Å². The van der Waals surface area contributed by atoms with Crippen LogP contribution in [-0.2, 0) is 14.8 Å². The molecule has 0 spiro atoms. The number of carbonyl (C=O) groups is 1. The number of benzene rings is 1. The Labute approximate surface area is 147 Å². The molecule has 1 aromatic carbocycles. The average molecular weight is 379 g/mol. The largest absolute Gasteiger partial charge is 0.341 e. The summed E-state index contributed by atoms with van der Waals surface area (Å²) in [6.07, 6.45) is 0.583. The van der Waals surface area contributed by atoms with E-state index in [4.69, 9.17) is 23.2 Å². The van der Waals surface area contributed by atoms with Crippen LogP contribution in [0.3, 0.4) is 0 Å². The van der Waals surface area contributed by atoms with Crippen LogP contribution in [0.5, 0.6) is 0 Å². The summed E-state index contributed by atoms with van der Waals surface area (Å²) in [4.78, 5) is 13.8. The van der Waals surface area contributed by atoms with Crippen molar-refractivity contribution in [3.63, 3.8) is 0 Å². The van der Waals surface area contributed by atoms with Crippen LogP contribution in [0.1, 0.15) is 20.3 Å². The second-order valence-electron chi connectivity index (χ2n) is 5.79. The molecule has 1 aromatic rings. The quantitative estimate of drug-likeness (QED) is 0.812. The molecule has 5 nitrogen and oxygen atoms in total. The lowest BCUT2D eigenvalue weighted by Gasteiger charge is -2.23. The number of carbonyl (C=O) groups excluding carboxylic acids is 1. The molecule has 0 bridgehead atoms. The molecule has 1 aliphatic rings. The third-order valence-electron chi connectivity index (χ3n) is 3.78. The molecular weight excluding hydrogens is 359 g/mol. The van der Waals surface area contributed by atoms with Gasteiger partial charge in [0.1, 0.15) is 4.90 Å². The van der Waals surface area contributed by atoms with Gasteiger partial charge < -0.3 is 4.90 Å². The predicted octanol–water partition coefficient (Wildman–Crippen LogP) is 2.87. The van der Waals surface area contributed by atoms with Crippen molar-refractivity contribution >= 4 is 39.1 Å². The maximum Gasteiger partial charge on any atom is 0.246 e. The molecule has 0 aliphatic carbocycles. The third kappa shape index (κ3) is 3.99. The topological polar surface area (TPSA) is 57.7 Å². The van der Waals surface area contributed by atoms with Gasteiger partial charge in [-0.05, 0) is 18.6 Å². The molecule has 0 saturated carbocycles. The van der Waals surface area contributed by atoms with Crippen LogP contribution in [-0.4, -0.2) is 49.7 Å². The van der Waals surface area contributed by atoms with Gasteiger partial charge in [-0.25, -0.2) is 8.42 Å². The fourth-order valence-corrected chi connectivity index (χ4v) is 5.14. The van der Waals surface area contributed by atoms with E-state index in [-0.39, 0.29) is 33.3 Å². The highest BCUT2D eigenvalue weighted by Crippen LogP contribution is 2.31. The van der Waals surface area contributed by atoms with Gasteiger partial charge in [0.05, 0.1) is 10.0 Å². The van der Waals surface area contributed by atoms with E-state index in [2.05, 4.69) is 0 Å². The van der Waals surface area contributed by atoms with Crippen molar-refractivity contribution in [2.24, 2.45) is 5.92 Å². The highest BCUT2D eigenvalue weighted by Gasteiger charge is 2.31. The maximum absolute atomic E-state index is 12.8. The second-order valence-corrected chi connectivity index (χ2v) is 8.48. The van der Waals surface area contributed by atoms with Crippen LogP contribution >= 0.6 is 23.2 Å². The Morgan fingerprint density at radius 3 is 2.26 bits per heavy atom. The molecule has 1 saturated heterocycles. The van der Waals surface area contributed by atoms with Crippen molar-refractivity contribution in [3.05, 3.63) is 28.2 Å². The first-order chi connectivity index (χ1) is 10.7. The summed E-state index contributed by atoms with van der Waals surface area (Å²) in [7, 11) is -3.78. The van der Waals surface area contributed by atoms with E-state index in [0.29, 0.717) is 26.1 Å².